The fraction of sp³-hybridized carbons (Fsp3) is 0.818. The van der Waals surface area contributed by atoms with Crippen LogP contribution in [0.3, 0.4) is 0 Å². The summed E-state index contributed by atoms with van der Waals surface area (Å²) in [6, 6.07) is 0. The Hall–Kier alpha value is -0.340. The van der Waals surface area contributed by atoms with Crippen LogP contribution in [0.5, 0.6) is 0 Å². The van der Waals surface area contributed by atoms with Crippen LogP contribution in [-0.2, 0) is 4.74 Å². The number of hydrogen-bond donors (Lipinski definition) is 1. The second-order valence-electron chi connectivity index (χ2n) is 3.50. The molecule has 0 amide bonds. The lowest BCUT2D eigenvalue weighted by molar-refractivity contribution is -0.0227. The Morgan fingerprint density at radius 2 is 1.85 bits per heavy atom. The van der Waals surface area contributed by atoms with Crippen LogP contribution in [0.25, 0.3) is 0 Å². The molecule has 0 aliphatic carbocycles. The summed E-state index contributed by atoms with van der Waals surface area (Å²) >= 11 is 0. The number of unbranched alkanes of at least 4 members (excludes halogenated alkanes) is 1. The quantitative estimate of drug-likeness (QED) is 0.512. The van der Waals surface area contributed by atoms with E-state index in [1.165, 1.54) is 6.42 Å². The van der Waals surface area contributed by atoms with Gasteiger partial charge in [0.05, 0.1) is 5.60 Å². The van der Waals surface area contributed by atoms with Gasteiger partial charge in [0.25, 0.3) is 0 Å². The van der Waals surface area contributed by atoms with Crippen molar-refractivity contribution >= 4 is 0 Å². The minimum absolute atomic E-state index is 0.0239. The highest BCUT2D eigenvalue weighted by Gasteiger charge is 2.15. The lowest BCUT2D eigenvalue weighted by atomic mass is 10.1. The monoisotopic (exact) mass is 187 g/mol. The summed E-state index contributed by atoms with van der Waals surface area (Å²) in [5, 5.41) is 0. The van der Waals surface area contributed by atoms with Crippen LogP contribution in [0.15, 0.2) is 13.2 Å². The van der Waals surface area contributed by atoms with E-state index in [2.05, 4.69) is 33.9 Å². The molecule has 2 N–H and O–H groups in total. The number of hydrogen-bond acceptors (Lipinski definition) is 2. The molecule has 0 unspecified atom stereocenters. The summed E-state index contributed by atoms with van der Waals surface area (Å²) in [7, 11) is 0. The Labute approximate surface area is 83.2 Å². The van der Waals surface area contributed by atoms with Crippen LogP contribution in [0.4, 0.5) is 0 Å². The minimum atomic E-state index is -0.0239. The van der Waals surface area contributed by atoms with E-state index in [1.807, 2.05) is 0 Å². The van der Waals surface area contributed by atoms with E-state index in [0.29, 0.717) is 6.54 Å². The lowest BCUT2D eigenvalue weighted by Gasteiger charge is -2.24. The maximum Gasteiger partial charge on any atom is 0.0638 e. The molecule has 0 radical (unpaired) electrons. The van der Waals surface area contributed by atoms with Crippen molar-refractivity contribution in [1.82, 2.24) is 0 Å². The SMILES string of the molecule is C=C.CCCCOC(C)(C)CCN. The Morgan fingerprint density at radius 1 is 1.31 bits per heavy atom. The molecule has 0 aromatic heterocycles. The molecule has 0 aromatic carbocycles. The Balaban J connectivity index is 0. The van der Waals surface area contributed by atoms with Gasteiger partial charge in [-0.1, -0.05) is 13.3 Å². The van der Waals surface area contributed by atoms with Gasteiger partial charge in [-0.2, -0.15) is 0 Å². The zero-order valence-corrected chi connectivity index (χ0v) is 9.44. The maximum atomic E-state index is 5.63. The highest BCUT2D eigenvalue weighted by atomic mass is 16.5. The molecule has 0 saturated heterocycles. The smallest absolute Gasteiger partial charge is 0.0638 e. The normalized spacial score (nSPS) is 10.5. The Kier molecular flexibility index (Phi) is 11.4. The predicted octanol–water partition coefficient (Wildman–Crippen LogP) is 2.73. The predicted molar refractivity (Wildman–Crippen MR) is 59.9 cm³/mol. The third-order valence-corrected chi connectivity index (χ3v) is 1.74. The van der Waals surface area contributed by atoms with E-state index in [4.69, 9.17) is 10.5 Å². The van der Waals surface area contributed by atoms with Gasteiger partial charge in [-0.25, -0.2) is 0 Å². The molecule has 2 nitrogen and oxygen atoms in total. The molecule has 80 valence electrons. The number of nitrogens with two attached hydrogens (primary N) is 1. The van der Waals surface area contributed by atoms with E-state index < -0.39 is 0 Å². The molecule has 0 fully saturated rings. The first-order valence-corrected chi connectivity index (χ1v) is 4.96. The second-order valence-corrected chi connectivity index (χ2v) is 3.50. The number of ether oxygens (including phenoxy) is 1. The molecule has 2 heteroatoms. The first-order chi connectivity index (χ1) is 6.12. The van der Waals surface area contributed by atoms with E-state index in [1.54, 1.807) is 0 Å². The van der Waals surface area contributed by atoms with Crippen molar-refractivity contribution in [2.45, 2.75) is 45.6 Å². The van der Waals surface area contributed by atoms with E-state index in [9.17, 15) is 0 Å². The molecule has 0 rings (SSSR count). The van der Waals surface area contributed by atoms with Crippen molar-refractivity contribution in [2.75, 3.05) is 13.2 Å². The van der Waals surface area contributed by atoms with Crippen LogP contribution in [0, 0.1) is 0 Å². The molecule has 0 saturated carbocycles. The van der Waals surface area contributed by atoms with E-state index >= 15 is 0 Å². The molecule has 0 bridgehead atoms. The van der Waals surface area contributed by atoms with Crippen LogP contribution in [-0.4, -0.2) is 18.8 Å². The van der Waals surface area contributed by atoms with Gasteiger partial charge in [0.2, 0.25) is 0 Å². The molecular weight excluding hydrogens is 162 g/mol. The van der Waals surface area contributed by atoms with Gasteiger partial charge < -0.3 is 10.5 Å². The summed E-state index contributed by atoms with van der Waals surface area (Å²) in [4.78, 5) is 0. The summed E-state index contributed by atoms with van der Waals surface area (Å²) in [6.07, 6.45) is 3.28. The summed E-state index contributed by atoms with van der Waals surface area (Å²) in [5.41, 5.74) is 5.41. The lowest BCUT2D eigenvalue weighted by Crippen LogP contribution is -2.28. The summed E-state index contributed by atoms with van der Waals surface area (Å²) in [5.74, 6) is 0. The molecule has 0 atom stereocenters. The Morgan fingerprint density at radius 3 is 2.23 bits per heavy atom. The molecular formula is C11H25NO. The highest BCUT2D eigenvalue weighted by Crippen LogP contribution is 2.13. The van der Waals surface area contributed by atoms with Crippen molar-refractivity contribution in [3.05, 3.63) is 13.2 Å². The average molecular weight is 187 g/mol. The van der Waals surface area contributed by atoms with Gasteiger partial charge in [-0.15, -0.1) is 13.2 Å². The summed E-state index contributed by atoms with van der Waals surface area (Å²) in [6.45, 7) is 13.9. The first-order valence-electron chi connectivity index (χ1n) is 4.96. The molecule has 0 aliphatic rings. The van der Waals surface area contributed by atoms with Crippen LogP contribution in [0.2, 0.25) is 0 Å². The largest absolute Gasteiger partial charge is 0.376 e. The zero-order chi connectivity index (χ0) is 10.7. The van der Waals surface area contributed by atoms with Crippen molar-refractivity contribution in [2.24, 2.45) is 5.73 Å². The number of rotatable bonds is 6. The van der Waals surface area contributed by atoms with E-state index in [0.717, 1.165) is 19.4 Å². The third-order valence-electron chi connectivity index (χ3n) is 1.74. The Bertz CT molecular complexity index is 102. The van der Waals surface area contributed by atoms with Crippen LogP contribution in [0.1, 0.15) is 40.0 Å². The van der Waals surface area contributed by atoms with Crippen LogP contribution < -0.4 is 5.73 Å². The highest BCUT2D eigenvalue weighted by molar-refractivity contribution is 4.68. The maximum absolute atomic E-state index is 5.63. The summed E-state index contributed by atoms with van der Waals surface area (Å²) < 4.78 is 5.63. The van der Waals surface area contributed by atoms with E-state index in [-0.39, 0.29) is 5.60 Å². The van der Waals surface area contributed by atoms with Crippen molar-refractivity contribution < 1.29 is 4.74 Å². The topological polar surface area (TPSA) is 35.2 Å². The minimum Gasteiger partial charge on any atom is -0.376 e. The van der Waals surface area contributed by atoms with Gasteiger partial charge in [-0.3, -0.25) is 0 Å². The van der Waals surface area contributed by atoms with Gasteiger partial charge >= 0.3 is 0 Å². The average Bonchev–Trinajstić information content (AvgIpc) is 2.08. The molecule has 0 heterocycles. The molecule has 0 aromatic rings. The van der Waals surface area contributed by atoms with Gasteiger partial charge in [0.1, 0.15) is 0 Å². The van der Waals surface area contributed by atoms with Crippen molar-refractivity contribution in [1.29, 1.82) is 0 Å². The molecule has 0 aliphatic heterocycles. The van der Waals surface area contributed by atoms with Crippen LogP contribution >= 0.6 is 0 Å². The zero-order valence-electron chi connectivity index (χ0n) is 9.44. The second kappa shape index (κ2) is 9.75. The fourth-order valence-electron chi connectivity index (χ4n) is 0.913. The first kappa shape index (κ1) is 15.1. The van der Waals surface area contributed by atoms with Crippen molar-refractivity contribution in [3.8, 4) is 0 Å². The third kappa shape index (κ3) is 11.7. The standard InChI is InChI=1S/C9H21NO.C2H4/c1-4-5-8-11-9(2,3)6-7-10;1-2/h4-8,10H2,1-3H3;1-2H2. The van der Waals surface area contributed by atoms with Gasteiger partial charge in [0.15, 0.2) is 0 Å². The van der Waals surface area contributed by atoms with Gasteiger partial charge in [0, 0.05) is 6.61 Å². The van der Waals surface area contributed by atoms with Gasteiger partial charge in [-0.05, 0) is 33.2 Å². The van der Waals surface area contributed by atoms with Crippen molar-refractivity contribution in [3.63, 3.8) is 0 Å². The fourth-order valence-corrected chi connectivity index (χ4v) is 0.913. The molecule has 0 spiro atoms. The molecule has 13 heavy (non-hydrogen) atoms.